The lowest BCUT2D eigenvalue weighted by molar-refractivity contribution is 0.608. The van der Waals surface area contributed by atoms with Crippen molar-refractivity contribution in [1.29, 1.82) is 5.26 Å². The van der Waals surface area contributed by atoms with Gasteiger partial charge < -0.3 is 0 Å². The van der Waals surface area contributed by atoms with Crippen molar-refractivity contribution in [3.05, 3.63) is 34.6 Å². The van der Waals surface area contributed by atoms with Crippen molar-refractivity contribution < 1.29 is 4.39 Å². The van der Waals surface area contributed by atoms with Crippen LogP contribution in [0.1, 0.15) is 23.1 Å². The Morgan fingerprint density at radius 1 is 1.31 bits per heavy atom. The van der Waals surface area contributed by atoms with Crippen LogP contribution in [0.25, 0.3) is 0 Å². The average molecular weight is 177 g/mol. The molecular weight excluding hydrogens is 165 g/mol. The molecule has 0 atom stereocenters. The Bertz CT molecular complexity index is 350. The van der Waals surface area contributed by atoms with Gasteiger partial charge in [-0.1, -0.05) is 6.07 Å². The molecule has 0 heterocycles. The molecule has 0 radical (unpaired) electrons. The molecule has 0 amide bonds. The van der Waals surface area contributed by atoms with E-state index in [9.17, 15) is 4.39 Å². The van der Waals surface area contributed by atoms with Crippen LogP contribution < -0.4 is 0 Å². The summed E-state index contributed by atoms with van der Waals surface area (Å²) in [5.41, 5.74) is 2.68. The molecule has 2 heteroatoms. The van der Waals surface area contributed by atoms with Gasteiger partial charge in [0.25, 0.3) is 0 Å². The fourth-order valence-corrected chi connectivity index (χ4v) is 1.22. The molecule has 0 aromatic heterocycles. The molecule has 0 saturated carbocycles. The summed E-state index contributed by atoms with van der Waals surface area (Å²) in [6.07, 6.45) is 0.878. The summed E-state index contributed by atoms with van der Waals surface area (Å²) in [5, 5.41) is 8.37. The van der Waals surface area contributed by atoms with Crippen LogP contribution in [0.5, 0.6) is 0 Å². The third kappa shape index (κ3) is 2.29. The first-order valence-corrected chi connectivity index (χ1v) is 4.27. The van der Waals surface area contributed by atoms with E-state index in [1.165, 1.54) is 6.07 Å². The lowest BCUT2D eigenvalue weighted by atomic mass is 10.0. The molecule has 0 N–H and O–H groups in total. The minimum Gasteiger partial charge on any atom is -0.207 e. The Hall–Kier alpha value is -1.36. The first-order chi connectivity index (χ1) is 6.15. The van der Waals surface area contributed by atoms with Crippen molar-refractivity contribution in [3.8, 4) is 6.07 Å². The standard InChI is InChI=1S/C11H12FN/c1-8-6-10(4-3-5-13)11(12)7-9(8)2/h6-7H,3-4H2,1-2H3. The van der Waals surface area contributed by atoms with Gasteiger partial charge in [0.15, 0.2) is 0 Å². The lowest BCUT2D eigenvalue weighted by Gasteiger charge is -2.05. The number of benzene rings is 1. The van der Waals surface area contributed by atoms with Crippen LogP contribution >= 0.6 is 0 Å². The highest BCUT2D eigenvalue weighted by molar-refractivity contribution is 5.31. The largest absolute Gasteiger partial charge is 0.207 e. The van der Waals surface area contributed by atoms with E-state index in [1.807, 2.05) is 26.0 Å². The van der Waals surface area contributed by atoms with E-state index in [1.54, 1.807) is 0 Å². The van der Waals surface area contributed by atoms with Gasteiger partial charge in [-0.05, 0) is 43.0 Å². The van der Waals surface area contributed by atoms with Gasteiger partial charge in [0.1, 0.15) is 5.82 Å². The fraction of sp³-hybridized carbons (Fsp3) is 0.364. The molecular formula is C11H12FN. The summed E-state index contributed by atoms with van der Waals surface area (Å²) in [5.74, 6) is -0.196. The number of aryl methyl sites for hydroxylation is 3. The van der Waals surface area contributed by atoms with Gasteiger partial charge >= 0.3 is 0 Å². The molecule has 0 fully saturated rings. The van der Waals surface area contributed by atoms with Gasteiger partial charge in [0, 0.05) is 6.42 Å². The molecule has 68 valence electrons. The van der Waals surface area contributed by atoms with E-state index in [2.05, 4.69) is 0 Å². The maximum absolute atomic E-state index is 13.2. The number of rotatable bonds is 2. The lowest BCUT2D eigenvalue weighted by Crippen LogP contribution is -1.93. The van der Waals surface area contributed by atoms with E-state index >= 15 is 0 Å². The summed E-state index contributed by atoms with van der Waals surface area (Å²) in [4.78, 5) is 0. The summed E-state index contributed by atoms with van der Waals surface area (Å²) in [7, 11) is 0. The highest BCUT2D eigenvalue weighted by Crippen LogP contribution is 2.15. The van der Waals surface area contributed by atoms with Gasteiger partial charge in [-0.2, -0.15) is 5.26 Å². The third-order valence-electron chi connectivity index (χ3n) is 2.17. The van der Waals surface area contributed by atoms with E-state index in [0.717, 1.165) is 11.1 Å². The SMILES string of the molecule is Cc1cc(F)c(CCC#N)cc1C. The molecule has 0 spiro atoms. The first-order valence-electron chi connectivity index (χ1n) is 4.27. The molecule has 1 aromatic carbocycles. The minimum absolute atomic E-state index is 0.196. The molecule has 1 rings (SSSR count). The second kappa shape index (κ2) is 4.04. The fourth-order valence-electron chi connectivity index (χ4n) is 1.22. The summed E-state index contributed by atoms with van der Waals surface area (Å²) in [6.45, 7) is 3.83. The van der Waals surface area contributed by atoms with Crippen molar-refractivity contribution in [2.75, 3.05) is 0 Å². The zero-order valence-corrected chi connectivity index (χ0v) is 7.89. The van der Waals surface area contributed by atoms with Crippen LogP contribution in [0.3, 0.4) is 0 Å². The third-order valence-corrected chi connectivity index (χ3v) is 2.17. The van der Waals surface area contributed by atoms with Gasteiger partial charge in [0.05, 0.1) is 6.07 Å². The molecule has 13 heavy (non-hydrogen) atoms. The van der Waals surface area contributed by atoms with Crippen LogP contribution in [0, 0.1) is 31.0 Å². The Balaban J connectivity index is 2.96. The molecule has 0 aliphatic heterocycles. The monoisotopic (exact) mass is 177 g/mol. The first kappa shape index (κ1) is 9.73. The Kier molecular flexibility index (Phi) is 3.02. The second-order valence-electron chi connectivity index (χ2n) is 3.19. The second-order valence-corrected chi connectivity index (χ2v) is 3.19. The van der Waals surface area contributed by atoms with Gasteiger partial charge in [-0.3, -0.25) is 0 Å². The van der Waals surface area contributed by atoms with Gasteiger partial charge in [0.2, 0.25) is 0 Å². The van der Waals surface area contributed by atoms with Crippen molar-refractivity contribution >= 4 is 0 Å². The summed E-state index contributed by atoms with van der Waals surface area (Å²) in [6, 6.07) is 5.36. The normalized spacial score (nSPS) is 9.69. The average Bonchev–Trinajstić information content (AvgIpc) is 2.09. The predicted octanol–water partition coefficient (Wildman–Crippen LogP) is 2.90. The van der Waals surface area contributed by atoms with Crippen LogP contribution in [0.15, 0.2) is 12.1 Å². The molecule has 0 unspecified atom stereocenters. The number of nitriles is 1. The summed E-state index contributed by atoms with van der Waals surface area (Å²) >= 11 is 0. The summed E-state index contributed by atoms with van der Waals surface area (Å²) < 4.78 is 13.2. The van der Waals surface area contributed by atoms with Crippen LogP contribution in [0.2, 0.25) is 0 Å². The quantitative estimate of drug-likeness (QED) is 0.681. The van der Waals surface area contributed by atoms with E-state index < -0.39 is 0 Å². The highest BCUT2D eigenvalue weighted by Gasteiger charge is 2.03. The van der Waals surface area contributed by atoms with Crippen LogP contribution in [-0.2, 0) is 6.42 Å². The number of hydrogen-bond donors (Lipinski definition) is 0. The molecule has 1 nitrogen and oxygen atoms in total. The molecule has 0 aliphatic rings. The maximum atomic E-state index is 13.2. The zero-order valence-electron chi connectivity index (χ0n) is 7.89. The van der Waals surface area contributed by atoms with Crippen LogP contribution in [0.4, 0.5) is 4.39 Å². The van der Waals surface area contributed by atoms with Crippen molar-refractivity contribution in [3.63, 3.8) is 0 Å². The molecule has 0 saturated heterocycles. The van der Waals surface area contributed by atoms with Gasteiger partial charge in [-0.15, -0.1) is 0 Å². The Morgan fingerprint density at radius 2 is 1.92 bits per heavy atom. The van der Waals surface area contributed by atoms with E-state index in [0.29, 0.717) is 18.4 Å². The molecule has 1 aromatic rings. The topological polar surface area (TPSA) is 23.8 Å². The zero-order chi connectivity index (χ0) is 9.84. The van der Waals surface area contributed by atoms with Crippen LogP contribution in [-0.4, -0.2) is 0 Å². The smallest absolute Gasteiger partial charge is 0.126 e. The number of nitrogens with zero attached hydrogens (tertiary/aromatic N) is 1. The maximum Gasteiger partial charge on any atom is 0.126 e. The highest BCUT2D eigenvalue weighted by atomic mass is 19.1. The van der Waals surface area contributed by atoms with Crippen molar-refractivity contribution in [1.82, 2.24) is 0 Å². The van der Waals surface area contributed by atoms with E-state index in [-0.39, 0.29) is 5.82 Å². The van der Waals surface area contributed by atoms with Crippen molar-refractivity contribution in [2.45, 2.75) is 26.7 Å². The van der Waals surface area contributed by atoms with Crippen molar-refractivity contribution in [2.24, 2.45) is 0 Å². The van der Waals surface area contributed by atoms with Gasteiger partial charge in [-0.25, -0.2) is 4.39 Å². The molecule has 0 bridgehead atoms. The predicted molar refractivity (Wildman–Crippen MR) is 49.8 cm³/mol. The number of halogens is 1. The van der Waals surface area contributed by atoms with E-state index in [4.69, 9.17) is 5.26 Å². The minimum atomic E-state index is -0.196. The Morgan fingerprint density at radius 3 is 2.54 bits per heavy atom. The Labute approximate surface area is 77.8 Å². The molecule has 0 aliphatic carbocycles. The number of hydrogen-bond acceptors (Lipinski definition) is 1.